The van der Waals surface area contributed by atoms with Crippen LogP contribution in [0.1, 0.15) is 5.56 Å². The Hall–Kier alpha value is -2.85. The lowest BCUT2D eigenvalue weighted by molar-refractivity contribution is -0.134. The number of aliphatic carboxylic acids is 2. The van der Waals surface area contributed by atoms with Gasteiger partial charge in [-0.15, -0.1) is 0 Å². The number of hydrogen-bond acceptors (Lipinski definition) is 5. The first kappa shape index (κ1) is 19.1. The number of nitrogens with zero attached hydrogens (tertiary/aromatic N) is 2. The van der Waals surface area contributed by atoms with Gasteiger partial charge in [0.15, 0.2) is 0 Å². The molecule has 1 rings (SSSR count). The number of nitriles is 1. The van der Waals surface area contributed by atoms with Crippen LogP contribution in [0.3, 0.4) is 0 Å². The van der Waals surface area contributed by atoms with Crippen LogP contribution in [0.4, 0.5) is 0 Å². The maximum atomic E-state index is 9.55. The molecule has 0 amide bonds. The number of ether oxygens (including phenoxy) is 1. The van der Waals surface area contributed by atoms with Crippen LogP contribution in [-0.2, 0) is 9.59 Å². The molecule has 1 aromatic carbocycles. The van der Waals surface area contributed by atoms with Crippen LogP contribution in [0.2, 0.25) is 0 Å². The van der Waals surface area contributed by atoms with E-state index in [4.69, 9.17) is 20.2 Å². The van der Waals surface area contributed by atoms with Crippen LogP contribution in [0.5, 0.6) is 5.75 Å². The van der Waals surface area contributed by atoms with Gasteiger partial charge < -0.3 is 19.8 Å². The molecule has 0 aliphatic rings. The third-order valence-corrected chi connectivity index (χ3v) is 2.16. The number of carboxylic acid groups (broad SMARTS) is 2. The molecular weight excluding hydrogens is 288 g/mol. The normalized spacial score (nSPS) is 9.73. The fraction of sp³-hybridized carbons (Fsp3) is 0.267. The van der Waals surface area contributed by atoms with Gasteiger partial charge in [-0.2, -0.15) is 5.26 Å². The predicted octanol–water partition coefficient (Wildman–Crippen LogP) is 1.21. The minimum absolute atomic E-state index is 0.558. The Morgan fingerprint density at radius 1 is 1.18 bits per heavy atom. The van der Waals surface area contributed by atoms with Crippen LogP contribution in [0.25, 0.3) is 0 Å². The zero-order valence-corrected chi connectivity index (χ0v) is 12.4. The van der Waals surface area contributed by atoms with Gasteiger partial charge >= 0.3 is 11.9 Å². The molecule has 0 unspecified atom stereocenters. The van der Waals surface area contributed by atoms with Gasteiger partial charge in [0.1, 0.15) is 12.4 Å². The quantitative estimate of drug-likeness (QED) is 0.760. The molecule has 0 atom stereocenters. The van der Waals surface area contributed by atoms with Crippen molar-refractivity contribution in [2.75, 3.05) is 27.2 Å². The van der Waals surface area contributed by atoms with Crippen molar-refractivity contribution in [3.05, 3.63) is 42.0 Å². The van der Waals surface area contributed by atoms with Gasteiger partial charge in [-0.3, -0.25) is 0 Å². The van der Waals surface area contributed by atoms with Gasteiger partial charge in [0, 0.05) is 18.7 Å². The average molecular weight is 306 g/mol. The first-order valence-corrected chi connectivity index (χ1v) is 6.26. The number of carboxylic acids is 2. The van der Waals surface area contributed by atoms with Gasteiger partial charge in [-0.05, 0) is 38.4 Å². The molecule has 0 saturated carbocycles. The fourth-order valence-corrected chi connectivity index (χ4v) is 1.11. The molecule has 7 nitrogen and oxygen atoms in total. The highest BCUT2D eigenvalue weighted by atomic mass is 16.5. The monoisotopic (exact) mass is 306 g/mol. The molecule has 118 valence electrons. The first-order valence-electron chi connectivity index (χ1n) is 6.26. The lowest BCUT2D eigenvalue weighted by atomic mass is 10.2. The average Bonchev–Trinajstić information content (AvgIpc) is 2.46. The molecule has 0 fully saturated rings. The maximum Gasteiger partial charge on any atom is 0.328 e. The highest BCUT2D eigenvalue weighted by Gasteiger charge is 1.95. The predicted molar refractivity (Wildman–Crippen MR) is 79.6 cm³/mol. The Bertz CT molecular complexity index is 528. The van der Waals surface area contributed by atoms with Crippen LogP contribution in [0.15, 0.2) is 36.4 Å². The molecule has 0 bridgehead atoms. The fourth-order valence-electron chi connectivity index (χ4n) is 1.11. The van der Waals surface area contributed by atoms with Crippen molar-refractivity contribution in [2.45, 2.75) is 0 Å². The summed E-state index contributed by atoms with van der Waals surface area (Å²) in [6.07, 6.45) is 1.12. The van der Waals surface area contributed by atoms with E-state index in [1.54, 1.807) is 12.1 Å². The van der Waals surface area contributed by atoms with Gasteiger partial charge in [-0.25, -0.2) is 9.59 Å². The van der Waals surface area contributed by atoms with Crippen LogP contribution in [-0.4, -0.2) is 54.3 Å². The van der Waals surface area contributed by atoms with E-state index in [2.05, 4.69) is 11.0 Å². The minimum Gasteiger partial charge on any atom is -0.492 e. The van der Waals surface area contributed by atoms with E-state index in [1.165, 1.54) is 0 Å². The largest absolute Gasteiger partial charge is 0.492 e. The second-order valence-electron chi connectivity index (χ2n) is 4.30. The molecule has 2 N–H and O–H groups in total. The number of benzene rings is 1. The summed E-state index contributed by atoms with van der Waals surface area (Å²) in [4.78, 5) is 21.2. The topological polar surface area (TPSA) is 111 Å². The molecule has 22 heavy (non-hydrogen) atoms. The van der Waals surface area contributed by atoms with E-state index in [9.17, 15) is 9.59 Å². The van der Waals surface area contributed by atoms with Crippen LogP contribution < -0.4 is 4.74 Å². The molecular formula is C15H18N2O5. The van der Waals surface area contributed by atoms with Crippen molar-refractivity contribution in [2.24, 2.45) is 0 Å². The summed E-state index contributed by atoms with van der Waals surface area (Å²) in [6, 6.07) is 9.20. The van der Waals surface area contributed by atoms with E-state index in [0.717, 1.165) is 12.3 Å². The van der Waals surface area contributed by atoms with Crippen molar-refractivity contribution in [1.29, 1.82) is 5.26 Å². The highest BCUT2D eigenvalue weighted by Crippen LogP contribution is 2.11. The minimum atomic E-state index is -1.26. The van der Waals surface area contributed by atoms with E-state index in [-0.39, 0.29) is 0 Å². The molecule has 0 aliphatic heterocycles. The Kier molecular flexibility index (Phi) is 9.47. The summed E-state index contributed by atoms with van der Waals surface area (Å²) in [5.74, 6) is -1.70. The van der Waals surface area contributed by atoms with E-state index in [0.29, 0.717) is 24.3 Å². The van der Waals surface area contributed by atoms with Gasteiger partial charge in [0.25, 0.3) is 0 Å². The third-order valence-electron chi connectivity index (χ3n) is 2.16. The zero-order chi connectivity index (χ0) is 17.0. The highest BCUT2D eigenvalue weighted by molar-refractivity contribution is 5.89. The summed E-state index contributed by atoms with van der Waals surface area (Å²) >= 11 is 0. The van der Waals surface area contributed by atoms with Crippen LogP contribution in [0, 0.1) is 11.3 Å². The molecule has 0 saturated heterocycles. The smallest absolute Gasteiger partial charge is 0.328 e. The number of hydrogen-bond donors (Lipinski definition) is 2. The van der Waals surface area contributed by atoms with Crippen molar-refractivity contribution in [3.8, 4) is 11.8 Å². The first-order chi connectivity index (χ1) is 10.3. The number of likely N-dealkylation sites (N-methyl/N-ethyl adjacent to an activating group) is 1. The van der Waals surface area contributed by atoms with E-state index in [1.807, 2.05) is 26.2 Å². The summed E-state index contributed by atoms with van der Waals surface area (Å²) in [5, 5.41) is 24.2. The molecule has 0 spiro atoms. The van der Waals surface area contributed by atoms with Gasteiger partial charge in [0.05, 0.1) is 11.6 Å². The van der Waals surface area contributed by atoms with Crippen molar-refractivity contribution in [3.63, 3.8) is 0 Å². The molecule has 0 heterocycles. The molecule has 1 aromatic rings. The SMILES string of the molecule is CN(C)CCOc1ccc(C#N)cc1.O=C(O)C=CC(=O)O. The molecule has 0 radical (unpaired) electrons. The Morgan fingerprint density at radius 3 is 2.05 bits per heavy atom. The van der Waals surface area contributed by atoms with Crippen LogP contribution >= 0.6 is 0 Å². The zero-order valence-electron chi connectivity index (χ0n) is 12.4. The Balaban J connectivity index is 0.000000472. The van der Waals surface area contributed by atoms with Crippen molar-refractivity contribution < 1.29 is 24.5 Å². The summed E-state index contributed by atoms with van der Waals surface area (Å²) in [6.45, 7) is 1.55. The van der Waals surface area contributed by atoms with E-state index < -0.39 is 11.9 Å². The third kappa shape index (κ3) is 11.0. The standard InChI is InChI=1S/C11H14N2O.C4H4O4/c1-13(2)7-8-14-11-5-3-10(9-12)4-6-11;5-3(6)1-2-4(7)8/h3-6H,7-8H2,1-2H3;1-2H,(H,5,6)(H,7,8). The lowest BCUT2D eigenvalue weighted by Crippen LogP contribution is -2.19. The Morgan fingerprint density at radius 2 is 1.68 bits per heavy atom. The van der Waals surface area contributed by atoms with Gasteiger partial charge in [0.2, 0.25) is 0 Å². The van der Waals surface area contributed by atoms with Crippen molar-refractivity contribution in [1.82, 2.24) is 4.90 Å². The molecule has 0 aromatic heterocycles. The molecule has 7 heteroatoms. The number of rotatable bonds is 6. The number of carbonyl (C=O) groups is 2. The summed E-state index contributed by atoms with van der Waals surface area (Å²) in [5.41, 5.74) is 0.657. The Labute approximate surface area is 128 Å². The summed E-state index contributed by atoms with van der Waals surface area (Å²) < 4.78 is 5.47. The second-order valence-corrected chi connectivity index (χ2v) is 4.30. The van der Waals surface area contributed by atoms with Crippen molar-refractivity contribution >= 4 is 11.9 Å². The maximum absolute atomic E-state index is 9.55. The van der Waals surface area contributed by atoms with Gasteiger partial charge in [-0.1, -0.05) is 0 Å². The lowest BCUT2D eigenvalue weighted by Gasteiger charge is -2.10. The summed E-state index contributed by atoms with van der Waals surface area (Å²) in [7, 11) is 4.00. The van der Waals surface area contributed by atoms with E-state index >= 15 is 0 Å². The molecule has 0 aliphatic carbocycles. The second kappa shape index (κ2) is 10.9.